The second-order valence-electron chi connectivity index (χ2n) is 4.36. The van der Waals surface area contributed by atoms with Crippen molar-refractivity contribution in [1.82, 2.24) is 0 Å². The summed E-state index contributed by atoms with van der Waals surface area (Å²) < 4.78 is 16.2. The van der Waals surface area contributed by atoms with Crippen LogP contribution < -0.4 is 14.2 Å². The third-order valence-corrected chi connectivity index (χ3v) is 4.41. The average Bonchev–Trinajstić information content (AvgIpc) is 2.53. The molecule has 112 valence electrons. The van der Waals surface area contributed by atoms with Crippen molar-refractivity contribution < 1.29 is 14.2 Å². The van der Waals surface area contributed by atoms with E-state index in [1.54, 1.807) is 21.3 Å². The molecule has 2 aromatic rings. The molecule has 0 spiro atoms. The van der Waals surface area contributed by atoms with Gasteiger partial charge in [0, 0.05) is 17.2 Å². The van der Waals surface area contributed by atoms with Gasteiger partial charge in [0.25, 0.3) is 0 Å². The van der Waals surface area contributed by atoms with Crippen LogP contribution in [-0.2, 0) is 0 Å². The van der Waals surface area contributed by atoms with E-state index in [1.807, 2.05) is 36.4 Å². The molecular weight excluding hydrogens is 356 g/mol. The van der Waals surface area contributed by atoms with Gasteiger partial charge in [-0.25, -0.2) is 0 Å². The van der Waals surface area contributed by atoms with Crippen LogP contribution in [0.1, 0.15) is 16.0 Å². The summed E-state index contributed by atoms with van der Waals surface area (Å²) >= 11 is 9.64. The maximum absolute atomic E-state index is 5.94. The van der Waals surface area contributed by atoms with Gasteiger partial charge in [0.2, 0.25) is 0 Å². The Morgan fingerprint density at radius 3 is 1.86 bits per heavy atom. The molecule has 5 heteroatoms. The Balaban J connectivity index is 2.52. The molecule has 0 saturated heterocycles. The fraction of sp³-hybridized carbons (Fsp3) is 0.250. The molecule has 0 bridgehead atoms. The summed E-state index contributed by atoms with van der Waals surface area (Å²) in [6.07, 6.45) is 0. The van der Waals surface area contributed by atoms with E-state index in [4.69, 9.17) is 25.8 Å². The summed E-state index contributed by atoms with van der Waals surface area (Å²) in [5.74, 6) is 2.08. The van der Waals surface area contributed by atoms with Crippen molar-refractivity contribution in [1.29, 1.82) is 0 Å². The number of rotatable bonds is 5. The predicted octanol–water partition coefficient (Wildman–Crippen LogP) is 4.85. The van der Waals surface area contributed by atoms with E-state index >= 15 is 0 Å². The van der Waals surface area contributed by atoms with Gasteiger partial charge in [-0.2, -0.15) is 0 Å². The Kier molecular flexibility index (Phi) is 5.37. The van der Waals surface area contributed by atoms with Gasteiger partial charge in [-0.05, 0) is 17.7 Å². The van der Waals surface area contributed by atoms with Gasteiger partial charge in [-0.3, -0.25) is 0 Å². The third kappa shape index (κ3) is 3.44. The quantitative estimate of drug-likeness (QED) is 0.703. The van der Waals surface area contributed by atoms with E-state index < -0.39 is 0 Å². The van der Waals surface area contributed by atoms with Gasteiger partial charge in [0.05, 0.1) is 31.7 Å². The summed E-state index contributed by atoms with van der Waals surface area (Å²) in [5.41, 5.74) is 1.96. The molecule has 3 nitrogen and oxygen atoms in total. The molecule has 0 heterocycles. The zero-order chi connectivity index (χ0) is 15.4. The van der Waals surface area contributed by atoms with Crippen LogP contribution in [0.15, 0.2) is 36.4 Å². The van der Waals surface area contributed by atoms with Gasteiger partial charge < -0.3 is 14.2 Å². The normalized spacial score (nSPS) is 11.9. The third-order valence-electron chi connectivity index (χ3n) is 3.17. The zero-order valence-corrected chi connectivity index (χ0v) is 14.4. The lowest BCUT2D eigenvalue weighted by Gasteiger charge is -2.19. The zero-order valence-electron chi connectivity index (χ0n) is 12.0. The number of benzene rings is 2. The highest BCUT2D eigenvalue weighted by atomic mass is 79.9. The van der Waals surface area contributed by atoms with Crippen molar-refractivity contribution in [3.05, 3.63) is 52.5 Å². The molecule has 0 aliphatic rings. The van der Waals surface area contributed by atoms with Crippen LogP contribution in [0, 0.1) is 0 Å². The van der Waals surface area contributed by atoms with Crippen LogP contribution in [0.5, 0.6) is 17.2 Å². The number of methoxy groups -OCH3 is 3. The number of hydrogen-bond acceptors (Lipinski definition) is 3. The average molecular weight is 372 g/mol. The van der Waals surface area contributed by atoms with Crippen LogP contribution >= 0.6 is 27.5 Å². The van der Waals surface area contributed by atoms with Crippen LogP contribution in [0.3, 0.4) is 0 Å². The number of halogens is 2. The molecule has 2 rings (SSSR count). The van der Waals surface area contributed by atoms with Crippen molar-refractivity contribution in [2.45, 2.75) is 4.83 Å². The SMILES string of the molecule is COc1cc(OC)c(C(Br)c2ccc(Cl)cc2)c(OC)c1. The Labute approximate surface area is 137 Å². The molecule has 2 aromatic carbocycles. The highest BCUT2D eigenvalue weighted by Gasteiger charge is 2.21. The molecule has 0 N–H and O–H groups in total. The highest BCUT2D eigenvalue weighted by Crippen LogP contribution is 2.44. The fourth-order valence-corrected chi connectivity index (χ4v) is 2.96. The lowest BCUT2D eigenvalue weighted by atomic mass is 10.0. The first-order valence-electron chi connectivity index (χ1n) is 6.30. The van der Waals surface area contributed by atoms with Crippen molar-refractivity contribution in [3.63, 3.8) is 0 Å². The van der Waals surface area contributed by atoms with Crippen LogP contribution in [-0.4, -0.2) is 21.3 Å². The molecule has 1 atom stereocenters. The Hall–Kier alpha value is -1.39. The first-order chi connectivity index (χ1) is 10.1. The summed E-state index contributed by atoms with van der Waals surface area (Å²) in [5, 5.41) is 0.701. The van der Waals surface area contributed by atoms with Gasteiger partial charge in [-0.1, -0.05) is 39.7 Å². The van der Waals surface area contributed by atoms with Crippen LogP contribution in [0.2, 0.25) is 5.02 Å². The molecule has 0 fully saturated rings. The molecule has 0 radical (unpaired) electrons. The Morgan fingerprint density at radius 2 is 1.43 bits per heavy atom. The highest BCUT2D eigenvalue weighted by molar-refractivity contribution is 9.09. The summed E-state index contributed by atoms with van der Waals surface area (Å²) in [6, 6.07) is 11.3. The summed E-state index contributed by atoms with van der Waals surface area (Å²) in [4.78, 5) is -0.0782. The minimum Gasteiger partial charge on any atom is -0.496 e. The second-order valence-corrected chi connectivity index (χ2v) is 5.71. The lowest BCUT2D eigenvalue weighted by Crippen LogP contribution is -2.01. The van der Waals surface area contributed by atoms with Crippen LogP contribution in [0.4, 0.5) is 0 Å². The molecule has 0 aliphatic carbocycles. The van der Waals surface area contributed by atoms with Crippen molar-refractivity contribution >= 4 is 27.5 Å². The van der Waals surface area contributed by atoms with Gasteiger partial charge in [-0.15, -0.1) is 0 Å². The molecule has 0 saturated carbocycles. The lowest BCUT2D eigenvalue weighted by molar-refractivity contribution is 0.369. The molecule has 0 aliphatic heterocycles. The largest absolute Gasteiger partial charge is 0.496 e. The molecule has 21 heavy (non-hydrogen) atoms. The molecule has 1 unspecified atom stereocenters. The van der Waals surface area contributed by atoms with E-state index in [0.717, 1.165) is 11.1 Å². The predicted molar refractivity (Wildman–Crippen MR) is 88.3 cm³/mol. The van der Waals surface area contributed by atoms with E-state index in [-0.39, 0.29) is 4.83 Å². The number of ether oxygens (including phenoxy) is 3. The molecule has 0 amide bonds. The minimum absolute atomic E-state index is 0.0782. The second kappa shape index (κ2) is 7.05. The van der Waals surface area contributed by atoms with Gasteiger partial charge in [0.1, 0.15) is 17.2 Å². The van der Waals surface area contributed by atoms with E-state index in [9.17, 15) is 0 Å². The first kappa shape index (κ1) is 16.0. The first-order valence-corrected chi connectivity index (χ1v) is 7.59. The van der Waals surface area contributed by atoms with Gasteiger partial charge in [0.15, 0.2) is 0 Å². The van der Waals surface area contributed by atoms with E-state index in [1.165, 1.54) is 0 Å². The molecule has 0 aromatic heterocycles. The van der Waals surface area contributed by atoms with Crippen LogP contribution in [0.25, 0.3) is 0 Å². The standard InChI is InChI=1S/C16H16BrClO3/c1-19-12-8-13(20-2)15(14(9-12)21-3)16(17)10-4-6-11(18)7-5-10/h4-9,16H,1-3H3. The van der Waals surface area contributed by atoms with Crippen molar-refractivity contribution in [2.24, 2.45) is 0 Å². The topological polar surface area (TPSA) is 27.7 Å². The number of alkyl halides is 1. The Bertz CT molecular complexity index is 588. The molecular formula is C16H16BrClO3. The maximum Gasteiger partial charge on any atom is 0.130 e. The summed E-state index contributed by atoms with van der Waals surface area (Å²) in [7, 11) is 4.86. The smallest absolute Gasteiger partial charge is 0.130 e. The fourth-order valence-electron chi connectivity index (χ4n) is 2.08. The van der Waals surface area contributed by atoms with E-state index in [0.29, 0.717) is 22.3 Å². The maximum atomic E-state index is 5.94. The Morgan fingerprint density at radius 1 is 0.905 bits per heavy atom. The number of hydrogen-bond donors (Lipinski definition) is 0. The monoisotopic (exact) mass is 370 g/mol. The van der Waals surface area contributed by atoms with Gasteiger partial charge >= 0.3 is 0 Å². The minimum atomic E-state index is -0.0782. The van der Waals surface area contributed by atoms with Crippen molar-refractivity contribution in [2.75, 3.05) is 21.3 Å². The van der Waals surface area contributed by atoms with E-state index in [2.05, 4.69) is 15.9 Å². The summed E-state index contributed by atoms with van der Waals surface area (Å²) in [6.45, 7) is 0. The van der Waals surface area contributed by atoms with Crippen molar-refractivity contribution in [3.8, 4) is 17.2 Å².